The third-order valence-corrected chi connectivity index (χ3v) is 4.96. The summed E-state index contributed by atoms with van der Waals surface area (Å²) in [5.41, 5.74) is 7.14. The Bertz CT molecular complexity index is 1010. The van der Waals surface area contributed by atoms with Gasteiger partial charge in [0.15, 0.2) is 0 Å². The number of fused-ring (bicyclic) bond motifs is 1. The highest BCUT2D eigenvalue weighted by molar-refractivity contribution is 6.15. The molecule has 0 radical (unpaired) electrons. The zero-order valence-electron chi connectivity index (χ0n) is 20.9. The van der Waals surface area contributed by atoms with Crippen LogP contribution < -0.4 is 20.9 Å². The van der Waals surface area contributed by atoms with E-state index in [1.165, 1.54) is 31.2 Å². The normalized spacial score (nSPS) is 16.6. The Labute approximate surface area is 200 Å². The van der Waals surface area contributed by atoms with E-state index in [0.717, 1.165) is 0 Å². The first-order valence-electron chi connectivity index (χ1n) is 11.1. The average molecular weight is 474 g/mol. The minimum absolute atomic E-state index is 0.132. The summed E-state index contributed by atoms with van der Waals surface area (Å²) in [6, 6.07) is 3.00. The lowest BCUT2D eigenvalue weighted by Gasteiger charge is -2.41. The fourth-order valence-electron chi connectivity index (χ4n) is 3.69. The summed E-state index contributed by atoms with van der Waals surface area (Å²) in [5, 5.41) is 12.7. The summed E-state index contributed by atoms with van der Waals surface area (Å²) >= 11 is 0. The predicted octanol–water partition coefficient (Wildman–Crippen LogP) is 2.89. The van der Waals surface area contributed by atoms with Crippen molar-refractivity contribution in [2.24, 2.45) is 10.7 Å². The van der Waals surface area contributed by atoms with E-state index in [1.54, 1.807) is 44.7 Å². The Morgan fingerprint density at radius 3 is 2.44 bits per heavy atom. The van der Waals surface area contributed by atoms with E-state index in [0.29, 0.717) is 28.2 Å². The molecule has 1 aromatic rings. The zero-order valence-corrected chi connectivity index (χ0v) is 20.9. The van der Waals surface area contributed by atoms with Crippen molar-refractivity contribution in [1.29, 1.82) is 0 Å². The van der Waals surface area contributed by atoms with Gasteiger partial charge in [0, 0.05) is 43.9 Å². The van der Waals surface area contributed by atoms with E-state index in [2.05, 4.69) is 10.3 Å². The Hall–Kier alpha value is -3.40. The van der Waals surface area contributed by atoms with Gasteiger partial charge in [-0.3, -0.25) is 19.5 Å². The van der Waals surface area contributed by atoms with Gasteiger partial charge in [0.05, 0.1) is 41.4 Å². The van der Waals surface area contributed by atoms with Crippen molar-refractivity contribution in [1.82, 2.24) is 0 Å². The molecule has 0 aromatic heterocycles. The Morgan fingerprint density at radius 2 is 1.94 bits per heavy atom. The second-order valence-corrected chi connectivity index (χ2v) is 9.25. The number of hydrogen-bond donors (Lipinski definition) is 3. The Balaban J connectivity index is 2.73. The molecule has 1 aliphatic heterocycles. The molecular formula is C24H35N5O5. The molecule has 186 valence electrons. The number of amides is 3. The molecule has 1 heterocycles. The zero-order chi connectivity index (χ0) is 25.8. The van der Waals surface area contributed by atoms with E-state index in [1.807, 2.05) is 6.92 Å². The van der Waals surface area contributed by atoms with Crippen LogP contribution in [0.5, 0.6) is 0 Å². The van der Waals surface area contributed by atoms with Crippen LogP contribution in [-0.2, 0) is 14.3 Å². The van der Waals surface area contributed by atoms with Gasteiger partial charge in [-0.2, -0.15) is 0 Å². The largest absolute Gasteiger partial charge is 0.446 e. The number of hydrogen-bond acceptors (Lipinski definition) is 7. The van der Waals surface area contributed by atoms with Crippen LogP contribution in [0.1, 0.15) is 54.0 Å². The highest BCUT2D eigenvalue weighted by Gasteiger charge is 2.36. The second-order valence-electron chi connectivity index (χ2n) is 9.25. The van der Waals surface area contributed by atoms with Gasteiger partial charge >= 0.3 is 6.09 Å². The van der Waals surface area contributed by atoms with Gasteiger partial charge in [0.25, 0.3) is 0 Å². The quantitative estimate of drug-likeness (QED) is 0.543. The number of rotatable bonds is 6. The predicted molar refractivity (Wildman–Crippen MR) is 134 cm³/mol. The molecule has 4 N–H and O–H groups in total. The van der Waals surface area contributed by atoms with Crippen molar-refractivity contribution >= 4 is 46.8 Å². The fourth-order valence-corrected chi connectivity index (χ4v) is 3.69. The van der Waals surface area contributed by atoms with Crippen molar-refractivity contribution in [2.75, 3.05) is 28.2 Å². The summed E-state index contributed by atoms with van der Waals surface area (Å²) in [6.07, 6.45) is 1.95. The summed E-state index contributed by atoms with van der Waals surface area (Å²) in [4.78, 5) is 44.7. The first-order chi connectivity index (χ1) is 15.7. The van der Waals surface area contributed by atoms with Gasteiger partial charge in [0.2, 0.25) is 11.8 Å². The molecule has 1 atom stereocenters. The van der Waals surface area contributed by atoms with Crippen LogP contribution in [0.4, 0.5) is 21.9 Å². The molecule has 0 unspecified atom stereocenters. The molecule has 0 saturated heterocycles. The average Bonchev–Trinajstić information content (AvgIpc) is 2.68. The molecule has 3 amide bonds. The van der Waals surface area contributed by atoms with Crippen LogP contribution >= 0.6 is 0 Å². The van der Waals surface area contributed by atoms with Crippen LogP contribution in [0.15, 0.2) is 23.3 Å². The number of nitrogens with two attached hydrogens (primary N) is 1. The monoisotopic (exact) mass is 473 g/mol. The number of anilines is 3. The first kappa shape index (κ1) is 26.8. The number of allylic oxidation sites excluding steroid dienone is 1. The van der Waals surface area contributed by atoms with E-state index in [9.17, 15) is 19.5 Å². The Kier molecular flexibility index (Phi) is 8.44. The number of nitrogens with zero attached hydrogens (tertiary/aromatic N) is 3. The fraction of sp³-hybridized carbons (Fsp3) is 0.500. The van der Waals surface area contributed by atoms with Gasteiger partial charge in [-0.1, -0.05) is 0 Å². The van der Waals surface area contributed by atoms with Crippen molar-refractivity contribution in [2.45, 2.75) is 66.2 Å². The van der Waals surface area contributed by atoms with Crippen molar-refractivity contribution in [3.8, 4) is 0 Å². The maximum Gasteiger partial charge on any atom is 0.414 e. The van der Waals surface area contributed by atoms with E-state index < -0.39 is 11.7 Å². The molecule has 0 fully saturated rings. The van der Waals surface area contributed by atoms with Gasteiger partial charge in [-0.15, -0.1) is 0 Å². The molecule has 10 heteroatoms. The molecule has 0 spiro atoms. The number of carbonyl (C=O) groups is 3. The SMILES string of the molecule is CC(=O)Nc1cc2c(cc1/C(C=NCC(C)(C)O)=C/N)N(C(=O)OC(C)C)C[C@H](C)N2C(C)=O. The lowest BCUT2D eigenvalue weighted by Crippen LogP contribution is -2.51. The highest BCUT2D eigenvalue weighted by atomic mass is 16.6. The van der Waals surface area contributed by atoms with Crippen LogP contribution in [0.3, 0.4) is 0 Å². The van der Waals surface area contributed by atoms with Crippen LogP contribution in [-0.4, -0.2) is 60.1 Å². The van der Waals surface area contributed by atoms with Crippen molar-refractivity contribution in [3.63, 3.8) is 0 Å². The molecule has 10 nitrogen and oxygen atoms in total. The maximum atomic E-state index is 12.9. The third kappa shape index (κ3) is 6.57. The third-order valence-electron chi connectivity index (χ3n) is 4.96. The summed E-state index contributed by atoms with van der Waals surface area (Å²) < 4.78 is 5.43. The van der Waals surface area contributed by atoms with Gasteiger partial charge < -0.3 is 25.8 Å². The lowest BCUT2D eigenvalue weighted by molar-refractivity contribution is -0.117. The minimum Gasteiger partial charge on any atom is -0.446 e. The second kappa shape index (κ2) is 10.7. The van der Waals surface area contributed by atoms with Crippen molar-refractivity contribution < 1.29 is 24.2 Å². The van der Waals surface area contributed by atoms with Crippen LogP contribution in [0.25, 0.3) is 5.57 Å². The highest BCUT2D eigenvalue weighted by Crippen LogP contribution is 2.41. The topological polar surface area (TPSA) is 138 Å². The molecule has 1 aliphatic rings. The smallest absolute Gasteiger partial charge is 0.414 e. The van der Waals surface area contributed by atoms with Crippen molar-refractivity contribution in [3.05, 3.63) is 23.9 Å². The number of benzene rings is 1. The molecule has 0 bridgehead atoms. The molecule has 1 aromatic carbocycles. The Morgan fingerprint density at radius 1 is 1.29 bits per heavy atom. The number of aliphatic hydroxyl groups is 1. The molecular weight excluding hydrogens is 438 g/mol. The molecule has 0 saturated carbocycles. The van der Waals surface area contributed by atoms with Gasteiger partial charge in [0.1, 0.15) is 0 Å². The summed E-state index contributed by atoms with van der Waals surface area (Å²) in [5.74, 6) is -0.520. The molecule has 34 heavy (non-hydrogen) atoms. The van der Waals surface area contributed by atoms with Crippen LogP contribution in [0, 0.1) is 0 Å². The van der Waals surface area contributed by atoms with Gasteiger partial charge in [-0.25, -0.2) is 4.79 Å². The number of aliphatic imine (C=N–C) groups is 1. The van der Waals surface area contributed by atoms with E-state index in [4.69, 9.17) is 10.5 Å². The number of nitrogens with one attached hydrogen (secondary N) is 1. The standard InChI is InChI=1S/C24H35N5O5/c1-14(2)34-23(32)28-12-15(3)29(17(5)31)22-9-20(27-16(4)30)19(8-21(22)28)18(10-25)11-26-13-24(6,7)33/h8-11,14-15,33H,12-13,25H2,1-7H3,(H,27,30)/b18-10+,26-11?/t15-/m0/s1. The first-order valence-corrected chi connectivity index (χ1v) is 11.1. The lowest BCUT2D eigenvalue weighted by atomic mass is 9.99. The number of ether oxygens (including phenoxy) is 1. The summed E-state index contributed by atoms with van der Waals surface area (Å²) in [6.45, 7) is 11.8. The van der Waals surface area contributed by atoms with E-state index >= 15 is 0 Å². The van der Waals surface area contributed by atoms with E-state index in [-0.39, 0.29) is 37.0 Å². The summed E-state index contributed by atoms with van der Waals surface area (Å²) in [7, 11) is 0. The molecule has 2 rings (SSSR count). The minimum atomic E-state index is -1.01. The van der Waals surface area contributed by atoms with Gasteiger partial charge in [-0.05, 0) is 46.8 Å². The van der Waals surface area contributed by atoms with Crippen LogP contribution in [0.2, 0.25) is 0 Å². The maximum absolute atomic E-state index is 12.9. The number of carbonyl (C=O) groups excluding carboxylic acids is 3. The molecule has 0 aliphatic carbocycles.